The Kier molecular flexibility index (Phi) is 5.79. The molecule has 5 nitrogen and oxygen atoms in total. The van der Waals surface area contributed by atoms with Crippen LogP contribution >= 0.6 is 0 Å². The van der Waals surface area contributed by atoms with Gasteiger partial charge in [-0.25, -0.2) is 0 Å². The van der Waals surface area contributed by atoms with Crippen LogP contribution in [-0.4, -0.2) is 37.1 Å². The predicted octanol–water partition coefficient (Wildman–Crippen LogP) is -0.482. The second-order valence-corrected chi connectivity index (χ2v) is 3.11. The lowest BCUT2D eigenvalue weighted by atomic mass is 10.2. The summed E-state index contributed by atoms with van der Waals surface area (Å²) in [5, 5.41) is 4.25. The summed E-state index contributed by atoms with van der Waals surface area (Å²) in [6, 6.07) is -1.31. The average molecular weight is 241 g/mol. The van der Waals surface area contributed by atoms with Crippen molar-refractivity contribution in [2.75, 3.05) is 13.1 Å². The SMILES string of the molecule is CCNC(=O)CC(NCC(F)(F)F)C(N)=O. The molecule has 0 bridgehead atoms. The van der Waals surface area contributed by atoms with Crippen LogP contribution in [0.5, 0.6) is 0 Å². The zero-order valence-corrected chi connectivity index (χ0v) is 8.73. The van der Waals surface area contributed by atoms with Gasteiger partial charge in [0.05, 0.1) is 19.0 Å². The van der Waals surface area contributed by atoms with E-state index in [0.29, 0.717) is 6.54 Å². The standard InChI is InChI=1S/C8H14F3N3O2/c1-2-13-6(15)3-5(7(12)16)14-4-8(9,10)11/h5,14H,2-4H2,1H3,(H2,12,16)(H,13,15). The molecule has 0 heterocycles. The van der Waals surface area contributed by atoms with E-state index in [2.05, 4.69) is 5.32 Å². The van der Waals surface area contributed by atoms with Gasteiger partial charge in [0.15, 0.2) is 0 Å². The van der Waals surface area contributed by atoms with Gasteiger partial charge in [-0.2, -0.15) is 13.2 Å². The van der Waals surface area contributed by atoms with Gasteiger partial charge in [-0.1, -0.05) is 0 Å². The Morgan fingerprint density at radius 2 is 1.94 bits per heavy atom. The van der Waals surface area contributed by atoms with Crippen molar-refractivity contribution < 1.29 is 22.8 Å². The average Bonchev–Trinajstić information content (AvgIpc) is 2.10. The van der Waals surface area contributed by atoms with Gasteiger partial charge in [-0.05, 0) is 6.92 Å². The van der Waals surface area contributed by atoms with Gasteiger partial charge in [0, 0.05) is 6.54 Å². The normalized spacial score (nSPS) is 13.2. The molecule has 0 aliphatic rings. The van der Waals surface area contributed by atoms with Gasteiger partial charge in [-0.3, -0.25) is 14.9 Å². The number of carbonyl (C=O) groups excluding carboxylic acids is 2. The van der Waals surface area contributed by atoms with Crippen molar-refractivity contribution >= 4 is 11.8 Å². The van der Waals surface area contributed by atoms with E-state index in [9.17, 15) is 22.8 Å². The molecule has 0 radical (unpaired) electrons. The molecule has 0 aliphatic carbocycles. The van der Waals surface area contributed by atoms with Crippen molar-refractivity contribution in [1.82, 2.24) is 10.6 Å². The fraction of sp³-hybridized carbons (Fsp3) is 0.750. The van der Waals surface area contributed by atoms with E-state index < -0.39 is 37.0 Å². The van der Waals surface area contributed by atoms with Gasteiger partial charge < -0.3 is 11.1 Å². The highest BCUT2D eigenvalue weighted by Crippen LogP contribution is 2.12. The molecule has 0 saturated carbocycles. The number of alkyl halides is 3. The highest BCUT2D eigenvalue weighted by atomic mass is 19.4. The van der Waals surface area contributed by atoms with Crippen molar-refractivity contribution in [3.8, 4) is 0 Å². The summed E-state index contributed by atoms with van der Waals surface area (Å²) in [6.45, 7) is 0.629. The zero-order chi connectivity index (χ0) is 12.8. The molecule has 8 heteroatoms. The molecule has 1 unspecified atom stereocenters. The van der Waals surface area contributed by atoms with Gasteiger partial charge in [-0.15, -0.1) is 0 Å². The third kappa shape index (κ3) is 7.04. The first kappa shape index (κ1) is 14.7. The molecule has 94 valence electrons. The zero-order valence-electron chi connectivity index (χ0n) is 8.73. The third-order valence-corrected chi connectivity index (χ3v) is 1.66. The smallest absolute Gasteiger partial charge is 0.368 e. The Hall–Kier alpha value is -1.31. The number of carbonyl (C=O) groups is 2. The molecule has 0 aromatic rings. The lowest BCUT2D eigenvalue weighted by Crippen LogP contribution is -2.47. The van der Waals surface area contributed by atoms with Crippen molar-refractivity contribution in [3.63, 3.8) is 0 Å². The van der Waals surface area contributed by atoms with Gasteiger partial charge in [0.1, 0.15) is 0 Å². The highest BCUT2D eigenvalue weighted by molar-refractivity contribution is 5.87. The predicted molar refractivity (Wildman–Crippen MR) is 50.3 cm³/mol. The van der Waals surface area contributed by atoms with Crippen LogP contribution in [0.1, 0.15) is 13.3 Å². The van der Waals surface area contributed by atoms with Gasteiger partial charge in [0.2, 0.25) is 11.8 Å². The number of halogens is 3. The summed E-state index contributed by atoms with van der Waals surface area (Å²) in [4.78, 5) is 21.8. The van der Waals surface area contributed by atoms with E-state index in [-0.39, 0.29) is 0 Å². The summed E-state index contributed by atoms with van der Waals surface area (Å²) in [6.07, 6.45) is -4.85. The summed E-state index contributed by atoms with van der Waals surface area (Å²) < 4.78 is 35.5. The van der Waals surface area contributed by atoms with Crippen molar-refractivity contribution in [3.05, 3.63) is 0 Å². The van der Waals surface area contributed by atoms with Crippen LogP contribution in [0.2, 0.25) is 0 Å². The van der Waals surface area contributed by atoms with Crippen LogP contribution in [0.25, 0.3) is 0 Å². The number of nitrogens with one attached hydrogen (secondary N) is 2. The number of hydrogen-bond donors (Lipinski definition) is 3. The molecule has 2 amide bonds. The Bertz CT molecular complexity index is 255. The molecular formula is C8H14F3N3O2. The third-order valence-electron chi connectivity index (χ3n) is 1.66. The second kappa shape index (κ2) is 6.31. The number of nitrogens with two attached hydrogens (primary N) is 1. The first-order chi connectivity index (χ1) is 7.26. The van der Waals surface area contributed by atoms with Crippen LogP contribution in [0.3, 0.4) is 0 Å². The molecule has 0 aliphatic heterocycles. The molecule has 0 saturated heterocycles. The Balaban J connectivity index is 4.18. The first-order valence-electron chi connectivity index (χ1n) is 4.62. The minimum atomic E-state index is -4.45. The highest BCUT2D eigenvalue weighted by Gasteiger charge is 2.30. The molecule has 0 fully saturated rings. The maximum Gasteiger partial charge on any atom is 0.401 e. The number of rotatable bonds is 6. The lowest BCUT2D eigenvalue weighted by molar-refractivity contribution is -0.134. The van der Waals surface area contributed by atoms with Crippen molar-refractivity contribution in [1.29, 1.82) is 0 Å². The Morgan fingerprint density at radius 3 is 2.31 bits per heavy atom. The number of primary amides is 1. The van der Waals surface area contributed by atoms with E-state index in [1.165, 1.54) is 0 Å². The van der Waals surface area contributed by atoms with E-state index in [4.69, 9.17) is 5.73 Å². The molecular weight excluding hydrogens is 227 g/mol. The second-order valence-electron chi connectivity index (χ2n) is 3.11. The maximum absolute atomic E-state index is 11.8. The van der Waals surface area contributed by atoms with Crippen LogP contribution < -0.4 is 16.4 Å². The number of hydrogen-bond acceptors (Lipinski definition) is 3. The Morgan fingerprint density at radius 1 is 1.38 bits per heavy atom. The largest absolute Gasteiger partial charge is 0.401 e. The molecule has 1 atom stereocenters. The molecule has 0 spiro atoms. The van der Waals surface area contributed by atoms with Gasteiger partial charge >= 0.3 is 6.18 Å². The van der Waals surface area contributed by atoms with E-state index in [0.717, 1.165) is 0 Å². The molecule has 0 aromatic heterocycles. The van der Waals surface area contributed by atoms with Crippen LogP contribution in [0.15, 0.2) is 0 Å². The quantitative estimate of drug-likeness (QED) is 0.587. The summed E-state index contributed by atoms with van der Waals surface area (Å²) in [5.74, 6) is -1.52. The lowest BCUT2D eigenvalue weighted by Gasteiger charge is -2.16. The van der Waals surface area contributed by atoms with Crippen molar-refractivity contribution in [2.24, 2.45) is 5.73 Å². The first-order valence-corrected chi connectivity index (χ1v) is 4.62. The minimum Gasteiger partial charge on any atom is -0.368 e. The summed E-state index contributed by atoms with van der Waals surface area (Å²) in [7, 11) is 0. The summed E-state index contributed by atoms with van der Waals surface area (Å²) in [5.41, 5.74) is 4.86. The number of amides is 2. The minimum absolute atomic E-state index is 0.337. The van der Waals surface area contributed by atoms with Crippen LogP contribution in [0.4, 0.5) is 13.2 Å². The van der Waals surface area contributed by atoms with E-state index in [1.807, 2.05) is 5.32 Å². The molecule has 4 N–H and O–H groups in total. The maximum atomic E-state index is 11.8. The fourth-order valence-electron chi connectivity index (χ4n) is 0.967. The molecule has 0 rings (SSSR count). The molecule has 0 aromatic carbocycles. The van der Waals surface area contributed by atoms with Gasteiger partial charge in [0.25, 0.3) is 0 Å². The monoisotopic (exact) mass is 241 g/mol. The fourth-order valence-corrected chi connectivity index (χ4v) is 0.967. The van der Waals surface area contributed by atoms with Crippen molar-refractivity contribution in [2.45, 2.75) is 25.6 Å². The van der Waals surface area contributed by atoms with Crippen LogP contribution in [0, 0.1) is 0 Å². The summed E-state index contributed by atoms with van der Waals surface area (Å²) >= 11 is 0. The topological polar surface area (TPSA) is 84.2 Å². The molecule has 16 heavy (non-hydrogen) atoms. The van der Waals surface area contributed by atoms with E-state index >= 15 is 0 Å². The van der Waals surface area contributed by atoms with Crippen LogP contribution in [-0.2, 0) is 9.59 Å². The van der Waals surface area contributed by atoms with E-state index in [1.54, 1.807) is 6.92 Å². The Labute approximate surface area is 90.6 Å².